The van der Waals surface area contributed by atoms with Gasteiger partial charge in [-0.3, -0.25) is 9.48 Å². The highest BCUT2D eigenvalue weighted by molar-refractivity contribution is 5.85. The summed E-state index contributed by atoms with van der Waals surface area (Å²) in [4.78, 5) is 12.6. The quantitative estimate of drug-likeness (QED) is 0.793. The predicted octanol–water partition coefficient (Wildman–Crippen LogP) is 3.18. The molecule has 2 aromatic rings. The summed E-state index contributed by atoms with van der Waals surface area (Å²) in [5.41, 5.74) is 3.30. The number of carbonyl (C=O) groups excluding carboxylic acids is 1. The molecule has 138 valence electrons. The van der Waals surface area contributed by atoms with E-state index in [0.29, 0.717) is 5.92 Å². The maximum atomic E-state index is 12.6. The van der Waals surface area contributed by atoms with Gasteiger partial charge in [-0.25, -0.2) is 0 Å². The van der Waals surface area contributed by atoms with Gasteiger partial charge in [-0.05, 0) is 37.4 Å². The van der Waals surface area contributed by atoms with Crippen molar-refractivity contribution >= 4 is 18.3 Å². The van der Waals surface area contributed by atoms with Gasteiger partial charge in [-0.2, -0.15) is 5.10 Å². The molecule has 0 spiro atoms. The normalized spacial score (nSPS) is 13.2. The van der Waals surface area contributed by atoms with Crippen molar-refractivity contribution < 1.29 is 4.79 Å². The monoisotopic (exact) mass is 364 g/mol. The first-order chi connectivity index (χ1) is 11.4. The van der Waals surface area contributed by atoms with E-state index in [4.69, 9.17) is 0 Å². The van der Waals surface area contributed by atoms with E-state index in [1.165, 1.54) is 5.56 Å². The Balaban J connectivity index is 0.00000312. The average Bonchev–Trinajstić information content (AvgIpc) is 2.94. The summed E-state index contributed by atoms with van der Waals surface area (Å²) in [6, 6.07) is 8.05. The van der Waals surface area contributed by atoms with E-state index in [0.717, 1.165) is 17.5 Å². The molecule has 0 bridgehead atoms. The van der Waals surface area contributed by atoms with Gasteiger partial charge in [0.2, 0.25) is 5.91 Å². The number of likely N-dealkylation sites (N-methyl/N-ethyl adjacent to an activating group) is 1. The van der Waals surface area contributed by atoms with Gasteiger partial charge < -0.3 is 10.6 Å². The number of hydrogen-bond donors (Lipinski definition) is 2. The van der Waals surface area contributed by atoms with E-state index < -0.39 is 6.04 Å². The lowest BCUT2D eigenvalue weighted by Gasteiger charge is -2.20. The zero-order valence-corrected chi connectivity index (χ0v) is 16.4. The molecule has 2 N–H and O–H groups in total. The van der Waals surface area contributed by atoms with Crippen molar-refractivity contribution in [3.05, 3.63) is 53.3 Å². The third-order valence-corrected chi connectivity index (χ3v) is 4.09. The number of halogens is 1. The van der Waals surface area contributed by atoms with Crippen LogP contribution in [0.5, 0.6) is 0 Å². The van der Waals surface area contributed by atoms with Crippen LogP contribution < -0.4 is 10.6 Å². The Labute approximate surface area is 156 Å². The fraction of sp³-hybridized carbons (Fsp3) is 0.474. The van der Waals surface area contributed by atoms with Crippen LogP contribution in [0.2, 0.25) is 0 Å². The van der Waals surface area contributed by atoms with Crippen LogP contribution in [0.1, 0.15) is 49.5 Å². The smallest absolute Gasteiger partial charge is 0.242 e. The van der Waals surface area contributed by atoms with Gasteiger partial charge in [0, 0.05) is 18.8 Å². The minimum absolute atomic E-state index is 0. The Morgan fingerprint density at radius 3 is 2.28 bits per heavy atom. The van der Waals surface area contributed by atoms with E-state index in [-0.39, 0.29) is 24.4 Å². The molecular formula is C19H29ClN4O. The average molecular weight is 365 g/mol. The summed E-state index contributed by atoms with van der Waals surface area (Å²) in [5.74, 6) is 0.591. The highest BCUT2D eigenvalue weighted by atomic mass is 35.5. The van der Waals surface area contributed by atoms with Crippen molar-refractivity contribution in [3.8, 4) is 0 Å². The molecule has 0 aliphatic rings. The summed E-state index contributed by atoms with van der Waals surface area (Å²) < 4.78 is 1.70. The Morgan fingerprint density at radius 2 is 1.80 bits per heavy atom. The zero-order valence-electron chi connectivity index (χ0n) is 15.6. The lowest BCUT2D eigenvalue weighted by Crippen LogP contribution is -2.37. The minimum atomic E-state index is -0.402. The van der Waals surface area contributed by atoms with Gasteiger partial charge in [-0.1, -0.05) is 38.1 Å². The fourth-order valence-corrected chi connectivity index (χ4v) is 2.83. The Bertz CT molecular complexity index is 666. The SMILES string of the molecule is CNC(C(=O)NC(C)c1ccc(CC(C)C)cc1)c1cnn(C)c1.Cl. The molecule has 1 heterocycles. The summed E-state index contributed by atoms with van der Waals surface area (Å²) in [7, 11) is 3.62. The van der Waals surface area contributed by atoms with Crippen molar-refractivity contribution in [2.24, 2.45) is 13.0 Å². The number of nitrogens with one attached hydrogen (secondary N) is 2. The van der Waals surface area contributed by atoms with Crippen molar-refractivity contribution in [3.63, 3.8) is 0 Å². The predicted molar refractivity (Wildman–Crippen MR) is 104 cm³/mol. The summed E-state index contributed by atoms with van der Waals surface area (Å²) in [6.45, 7) is 6.44. The molecule has 0 aliphatic carbocycles. The Morgan fingerprint density at radius 1 is 1.16 bits per heavy atom. The third kappa shape index (κ3) is 5.87. The van der Waals surface area contributed by atoms with Crippen molar-refractivity contribution in [2.45, 2.75) is 39.3 Å². The first-order valence-corrected chi connectivity index (χ1v) is 8.45. The summed E-state index contributed by atoms with van der Waals surface area (Å²) in [6.07, 6.45) is 4.64. The molecule has 0 saturated carbocycles. The molecule has 5 nitrogen and oxygen atoms in total. The second-order valence-electron chi connectivity index (χ2n) is 6.74. The van der Waals surface area contributed by atoms with Crippen LogP contribution in [-0.4, -0.2) is 22.7 Å². The van der Waals surface area contributed by atoms with Gasteiger partial charge in [0.05, 0.1) is 12.2 Å². The van der Waals surface area contributed by atoms with Crippen LogP contribution in [0.15, 0.2) is 36.7 Å². The molecule has 6 heteroatoms. The maximum absolute atomic E-state index is 12.6. The van der Waals surface area contributed by atoms with E-state index in [9.17, 15) is 4.79 Å². The van der Waals surface area contributed by atoms with Crippen LogP contribution in [0.25, 0.3) is 0 Å². The highest BCUT2D eigenvalue weighted by Crippen LogP contribution is 2.18. The van der Waals surface area contributed by atoms with Crippen LogP contribution in [0, 0.1) is 5.92 Å². The molecule has 2 unspecified atom stereocenters. The molecule has 0 fully saturated rings. The van der Waals surface area contributed by atoms with Crippen molar-refractivity contribution in [2.75, 3.05) is 7.05 Å². The summed E-state index contributed by atoms with van der Waals surface area (Å²) >= 11 is 0. The number of rotatable bonds is 7. The third-order valence-electron chi connectivity index (χ3n) is 4.09. The van der Waals surface area contributed by atoms with Gasteiger partial charge in [0.15, 0.2) is 0 Å². The Hall–Kier alpha value is -1.85. The molecule has 25 heavy (non-hydrogen) atoms. The molecule has 1 amide bonds. The lowest BCUT2D eigenvalue weighted by molar-refractivity contribution is -0.123. The topological polar surface area (TPSA) is 59.0 Å². The van der Waals surface area contributed by atoms with Gasteiger partial charge in [-0.15, -0.1) is 12.4 Å². The number of amides is 1. The number of nitrogens with zero attached hydrogens (tertiary/aromatic N) is 2. The molecular weight excluding hydrogens is 336 g/mol. The number of carbonyl (C=O) groups is 1. The van der Waals surface area contributed by atoms with Gasteiger partial charge >= 0.3 is 0 Å². The number of hydrogen-bond acceptors (Lipinski definition) is 3. The summed E-state index contributed by atoms with van der Waals surface area (Å²) in [5, 5.41) is 10.3. The molecule has 2 rings (SSSR count). The second kappa shape index (κ2) is 9.59. The van der Waals surface area contributed by atoms with E-state index in [1.54, 1.807) is 17.9 Å². The molecule has 1 aromatic carbocycles. The largest absolute Gasteiger partial charge is 0.348 e. The molecule has 1 aromatic heterocycles. The van der Waals surface area contributed by atoms with Crippen molar-refractivity contribution in [1.29, 1.82) is 0 Å². The van der Waals surface area contributed by atoms with Gasteiger partial charge in [0.25, 0.3) is 0 Å². The highest BCUT2D eigenvalue weighted by Gasteiger charge is 2.21. The van der Waals surface area contributed by atoms with Gasteiger partial charge in [0.1, 0.15) is 6.04 Å². The first-order valence-electron chi connectivity index (χ1n) is 8.45. The maximum Gasteiger partial charge on any atom is 0.242 e. The first kappa shape index (κ1) is 21.2. The van der Waals surface area contributed by atoms with E-state index >= 15 is 0 Å². The van der Waals surface area contributed by atoms with Crippen LogP contribution in [0.3, 0.4) is 0 Å². The molecule has 0 aliphatic heterocycles. The molecule has 2 atom stereocenters. The van der Waals surface area contributed by atoms with E-state index in [2.05, 4.69) is 53.8 Å². The Kier molecular flexibility index (Phi) is 8.13. The number of aromatic nitrogens is 2. The second-order valence-corrected chi connectivity index (χ2v) is 6.74. The minimum Gasteiger partial charge on any atom is -0.348 e. The van der Waals surface area contributed by atoms with Crippen LogP contribution in [-0.2, 0) is 18.3 Å². The van der Waals surface area contributed by atoms with Crippen LogP contribution >= 0.6 is 12.4 Å². The zero-order chi connectivity index (χ0) is 17.7. The number of aryl methyl sites for hydroxylation is 1. The molecule has 0 saturated heterocycles. The molecule has 0 radical (unpaired) electrons. The van der Waals surface area contributed by atoms with Crippen molar-refractivity contribution in [1.82, 2.24) is 20.4 Å². The lowest BCUT2D eigenvalue weighted by atomic mass is 9.99. The van der Waals surface area contributed by atoms with Crippen LogP contribution in [0.4, 0.5) is 0 Å². The van der Waals surface area contributed by atoms with E-state index in [1.807, 2.05) is 20.2 Å². The standard InChI is InChI=1S/C19H28N4O.ClH/c1-13(2)10-15-6-8-16(9-7-15)14(3)22-19(24)18(20-4)17-11-21-23(5)12-17;/h6-9,11-14,18,20H,10H2,1-5H3,(H,22,24);1H. The number of benzene rings is 1. The fourth-order valence-electron chi connectivity index (χ4n) is 2.83.